The van der Waals surface area contributed by atoms with Crippen LogP contribution in [0.1, 0.15) is 59.3 Å². The van der Waals surface area contributed by atoms with Crippen LogP contribution in [0.25, 0.3) is 0 Å². The largest absolute Gasteiger partial charge is 0.356 e. The van der Waals surface area contributed by atoms with Crippen LogP contribution >= 0.6 is 0 Å². The molecule has 0 aromatic carbocycles. The maximum atomic E-state index is 12.9. The summed E-state index contributed by atoms with van der Waals surface area (Å²) in [7, 11) is 0. The van der Waals surface area contributed by atoms with E-state index < -0.39 is 12.1 Å². The third kappa shape index (κ3) is 8.01. The van der Waals surface area contributed by atoms with Crippen LogP contribution in [0.2, 0.25) is 0 Å². The number of hydrogen-bond acceptors (Lipinski definition) is 5. The Hall–Kier alpha value is -2.14. The average Bonchev–Trinajstić information content (AvgIpc) is 3.28. The zero-order chi connectivity index (χ0) is 21.4. The zero-order valence-corrected chi connectivity index (χ0v) is 17.9. The van der Waals surface area contributed by atoms with Crippen LogP contribution in [0.5, 0.6) is 0 Å². The van der Waals surface area contributed by atoms with Crippen LogP contribution in [-0.4, -0.2) is 60.9 Å². The predicted molar refractivity (Wildman–Crippen MR) is 110 cm³/mol. The molecule has 2 rings (SSSR count). The van der Waals surface area contributed by atoms with E-state index in [9.17, 15) is 19.6 Å². The Morgan fingerprint density at radius 3 is 2.52 bits per heavy atom. The number of rotatable bonds is 9. The summed E-state index contributed by atoms with van der Waals surface area (Å²) in [5.74, 6) is -0.564. The van der Waals surface area contributed by atoms with Gasteiger partial charge in [0.25, 0.3) is 0 Å². The second-order valence-corrected chi connectivity index (χ2v) is 9.41. The number of carbonyl (C=O) groups excluding carboxylic acids is 3. The minimum atomic E-state index is -0.685. The van der Waals surface area contributed by atoms with Gasteiger partial charge in [-0.3, -0.25) is 19.3 Å². The van der Waals surface area contributed by atoms with Crippen LogP contribution in [0.3, 0.4) is 0 Å². The van der Waals surface area contributed by atoms with Crippen molar-refractivity contribution in [1.29, 1.82) is 5.26 Å². The molecule has 29 heavy (non-hydrogen) atoms. The maximum Gasteiger partial charge on any atom is 0.243 e. The monoisotopic (exact) mass is 405 g/mol. The number of nitrogens with zero attached hydrogens (tertiary/aromatic N) is 2. The molecule has 8 nitrogen and oxygen atoms in total. The minimum absolute atomic E-state index is 0.0211. The Morgan fingerprint density at radius 2 is 1.97 bits per heavy atom. The number of hydrogen-bond donors (Lipinski definition) is 3. The molecule has 0 spiro atoms. The Kier molecular flexibility index (Phi) is 8.45. The van der Waals surface area contributed by atoms with E-state index in [1.54, 1.807) is 0 Å². The lowest BCUT2D eigenvalue weighted by molar-refractivity contribution is -0.130. The Bertz CT molecular complexity index is 631. The highest BCUT2D eigenvalue weighted by molar-refractivity contribution is 5.88. The molecule has 0 radical (unpaired) electrons. The molecule has 2 aliphatic rings. The third-order valence-electron chi connectivity index (χ3n) is 5.47. The van der Waals surface area contributed by atoms with Crippen molar-refractivity contribution in [3.8, 4) is 6.07 Å². The van der Waals surface area contributed by atoms with Crippen molar-refractivity contribution in [2.75, 3.05) is 26.2 Å². The van der Waals surface area contributed by atoms with Gasteiger partial charge in [-0.25, -0.2) is 0 Å². The lowest BCUT2D eigenvalue weighted by atomic mass is 9.87. The predicted octanol–water partition coefficient (Wildman–Crippen LogP) is 0.928. The van der Waals surface area contributed by atoms with Crippen LogP contribution < -0.4 is 16.0 Å². The Balaban J connectivity index is 1.90. The fraction of sp³-hybridized carbons (Fsp3) is 0.810. The third-order valence-corrected chi connectivity index (χ3v) is 5.47. The number of likely N-dealkylation sites (tertiary alicyclic amines) is 1. The first kappa shape index (κ1) is 23.1. The normalized spacial score (nSPS) is 21.9. The number of nitriles is 1. The van der Waals surface area contributed by atoms with E-state index in [0.717, 1.165) is 32.4 Å². The molecular formula is C21H35N5O3. The van der Waals surface area contributed by atoms with E-state index in [2.05, 4.69) is 26.9 Å². The minimum Gasteiger partial charge on any atom is -0.356 e. The Morgan fingerprint density at radius 1 is 1.28 bits per heavy atom. The lowest BCUT2D eigenvalue weighted by Crippen LogP contribution is -2.52. The molecule has 162 valence electrons. The van der Waals surface area contributed by atoms with E-state index >= 15 is 0 Å². The van der Waals surface area contributed by atoms with Gasteiger partial charge in [0.15, 0.2) is 0 Å². The summed E-state index contributed by atoms with van der Waals surface area (Å²) < 4.78 is 0. The van der Waals surface area contributed by atoms with Crippen molar-refractivity contribution in [3.63, 3.8) is 0 Å². The zero-order valence-electron chi connectivity index (χ0n) is 17.9. The molecule has 0 bridgehead atoms. The standard InChI is InChI=1S/C21H35N5O3/c1-21(2,3)12-17(25-18(27)14-26-10-4-5-11-26)20(29)24-16(13-22)7-6-15-8-9-23-19(15)28/h15-17H,4-12,14H2,1-3H3,(H,23,28)(H,24,29)(H,25,27)/t15-,16+,17+/m1/s1. The second kappa shape index (κ2) is 10.6. The van der Waals surface area contributed by atoms with Crippen molar-refractivity contribution < 1.29 is 14.4 Å². The summed E-state index contributed by atoms with van der Waals surface area (Å²) in [5.41, 5.74) is -0.160. The molecule has 2 fully saturated rings. The summed E-state index contributed by atoms with van der Waals surface area (Å²) >= 11 is 0. The summed E-state index contributed by atoms with van der Waals surface area (Å²) in [5, 5.41) is 17.9. The summed E-state index contributed by atoms with van der Waals surface area (Å²) in [6.07, 6.45) is 4.43. The van der Waals surface area contributed by atoms with Gasteiger partial charge in [0.2, 0.25) is 17.7 Å². The van der Waals surface area contributed by atoms with Crippen molar-refractivity contribution in [1.82, 2.24) is 20.9 Å². The highest BCUT2D eigenvalue weighted by atomic mass is 16.2. The highest BCUT2D eigenvalue weighted by Gasteiger charge is 2.30. The molecule has 3 N–H and O–H groups in total. The van der Waals surface area contributed by atoms with Gasteiger partial charge in [0, 0.05) is 12.5 Å². The van der Waals surface area contributed by atoms with Crippen LogP contribution in [0.15, 0.2) is 0 Å². The van der Waals surface area contributed by atoms with Crippen LogP contribution in [0, 0.1) is 22.7 Å². The lowest BCUT2D eigenvalue weighted by Gasteiger charge is -2.27. The number of nitrogens with one attached hydrogen (secondary N) is 3. The van der Waals surface area contributed by atoms with Gasteiger partial charge >= 0.3 is 0 Å². The van der Waals surface area contributed by atoms with Crippen LogP contribution in [0.4, 0.5) is 0 Å². The molecule has 0 saturated carbocycles. The number of amides is 3. The molecular weight excluding hydrogens is 370 g/mol. The van der Waals surface area contributed by atoms with Gasteiger partial charge in [0.1, 0.15) is 12.1 Å². The van der Waals surface area contributed by atoms with E-state index in [1.165, 1.54) is 0 Å². The fourth-order valence-electron chi connectivity index (χ4n) is 3.94. The SMILES string of the molecule is CC(C)(C)C[C@H](NC(=O)CN1CCCC1)C(=O)N[C@H](C#N)CC[C@@H]1CCNC1=O. The average molecular weight is 406 g/mol. The summed E-state index contributed by atoms with van der Waals surface area (Å²) in [6.45, 7) is 8.83. The quantitative estimate of drug-likeness (QED) is 0.528. The van der Waals surface area contributed by atoms with Crippen molar-refractivity contribution in [3.05, 3.63) is 0 Å². The second-order valence-electron chi connectivity index (χ2n) is 9.41. The molecule has 3 atom stereocenters. The molecule has 0 unspecified atom stereocenters. The van der Waals surface area contributed by atoms with Gasteiger partial charge in [-0.05, 0) is 57.0 Å². The molecule has 2 heterocycles. The number of carbonyl (C=O) groups is 3. The van der Waals surface area contributed by atoms with E-state index in [4.69, 9.17) is 0 Å². The van der Waals surface area contributed by atoms with Gasteiger partial charge < -0.3 is 16.0 Å². The topological polar surface area (TPSA) is 114 Å². The first-order valence-electron chi connectivity index (χ1n) is 10.7. The van der Waals surface area contributed by atoms with Gasteiger partial charge in [-0.2, -0.15) is 5.26 Å². The van der Waals surface area contributed by atoms with E-state index in [1.807, 2.05) is 20.8 Å². The molecule has 2 aliphatic heterocycles. The fourth-order valence-corrected chi connectivity index (χ4v) is 3.94. The summed E-state index contributed by atoms with van der Waals surface area (Å²) in [6, 6.07) is 0.760. The van der Waals surface area contributed by atoms with Gasteiger partial charge in [-0.1, -0.05) is 20.8 Å². The van der Waals surface area contributed by atoms with E-state index in [0.29, 0.717) is 32.4 Å². The van der Waals surface area contributed by atoms with Crippen molar-refractivity contribution in [2.45, 2.75) is 71.4 Å². The van der Waals surface area contributed by atoms with Crippen LogP contribution in [-0.2, 0) is 14.4 Å². The first-order valence-corrected chi connectivity index (χ1v) is 10.7. The molecule has 8 heteroatoms. The maximum absolute atomic E-state index is 12.9. The van der Waals surface area contributed by atoms with Gasteiger partial charge in [0.05, 0.1) is 12.6 Å². The molecule has 3 amide bonds. The van der Waals surface area contributed by atoms with E-state index in [-0.39, 0.29) is 29.1 Å². The van der Waals surface area contributed by atoms with Crippen molar-refractivity contribution in [2.24, 2.45) is 11.3 Å². The molecule has 0 aromatic rings. The molecule has 0 aliphatic carbocycles. The summed E-state index contributed by atoms with van der Waals surface area (Å²) in [4.78, 5) is 39.1. The van der Waals surface area contributed by atoms with Gasteiger partial charge in [-0.15, -0.1) is 0 Å². The Labute approximate surface area is 173 Å². The molecule has 0 aromatic heterocycles. The molecule has 2 saturated heterocycles. The highest BCUT2D eigenvalue weighted by Crippen LogP contribution is 2.22. The smallest absolute Gasteiger partial charge is 0.243 e. The first-order chi connectivity index (χ1) is 13.7. The van der Waals surface area contributed by atoms with Crippen molar-refractivity contribution >= 4 is 17.7 Å².